The van der Waals surface area contributed by atoms with Crippen molar-refractivity contribution in [3.8, 4) is 18.1 Å². The number of nitrogens with zero attached hydrogens (tertiary/aromatic N) is 3. The van der Waals surface area contributed by atoms with E-state index >= 15 is 0 Å². The van der Waals surface area contributed by atoms with Crippen LogP contribution in [0.2, 0.25) is 0 Å². The second-order valence-corrected chi connectivity index (χ2v) is 6.13. The maximum absolute atomic E-state index is 5.54. The van der Waals surface area contributed by atoms with E-state index in [1.807, 2.05) is 42.5 Å². The normalized spacial score (nSPS) is 10.9. The Hall–Kier alpha value is -2.78. The van der Waals surface area contributed by atoms with Crippen LogP contribution in [0.5, 0.6) is 5.75 Å². The summed E-state index contributed by atoms with van der Waals surface area (Å²) >= 11 is 3.45. The largest absolute Gasteiger partial charge is 0.480 e. The van der Waals surface area contributed by atoms with Gasteiger partial charge in [-0.15, -0.1) is 6.42 Å². The van der Waals surface area contributed by atoms with Gasteiger partial charge in [0.25, 0.3) is 0 Å². The summed E-state index contributed by atoms with van der Waals surface area (Å²) in [5.74, 6) is 3.83. The Morgan fingerprint density at radius 3 is 3.00 bits per heavy atom. The van der Waals surface area contributed by atoms with Gasteiger partial charge in [0.1, 0.15) is 12.4 Å². The number of anilines is 1. The van der Waals surface area contributed by atoms with Gasteiger partial charge < -0.3 is 9.30 Å². The van der Waals surface area contributed by atoms with E-state index in [1.54, 1.807) is 6.21 Å². The summed E-state index contributed by atoms with van der Waals surface area (Å²) in [5.41, 5.74) is 5.84. The van der Waals surface area contributed by atoms with Crippen molar-refractivity contribution in [2.45, 2.75) is 13.5 Å². The maximum atomic E-state index is 5.54. The molecule has 0 aliphatic heterocycles. The summed E-state index contributed by atoms with van der Waals surface area (Å²) in [7, 11) is 0. The predicted octanol–water partition coefficient (Wildman–Crippen LogP) is 4.28. The van der Waals surface area contributed by atoms with Crippen LogP contribution in [0.3, 0.4) is 0 Å². The van der Waals surface area contributed by atoms with Gasteiger partial charge in [-0.3, -0.25) is 0 Å². The van der Waals surface area contributed by atoms with Crippen LogP contribution in [-0.4, -0.2) is 22.4 Å². The van der Waals surface area contributed by atoms with Crippen LogP contribution < -0.4 is 10.2 Å². The highest BCUT2D eigenvalue weighted by Gasteiger charge is 2.08. The summed E-state index contributed by atoms with van der Waals surface area (Å²) in [6.45, 7) is 3.08. The summed E-state index contributed by atoms with van der Waals surface area (Å²) in [6, 6.07) is 13.7. The van der Waals surface area contributed by atoms with Gasteiger partial charge >= 0.3 is 0 Å². The quantitative estimate of drug-likeness (QED) is 0.384. The minimum Gasteiger partial charge on any atom is -0.480 e. The lowest BCUT2D eigenvalue weighted by molar-refractivity contribution is 0.370. The number of halogens is 1. The Morgan fingerprint density at radius 1 is 1.36 bits per heavy atom. The van der Waals surface area contributed by atoms with Gasteiger partial charge in [0.2, 0.25) is 5.95 Å². The van der Waals surface area contributed by atoms with Crippen LogP contribution in [0.4, 0.5) is 5.95 Å². The number of terminal acetylenes is 1. The molecule has 0 atom stereocenters. The van der Waals surface area contributed by atoms with Crippen molar-refractivity contribution >= 4 is 39.1 Å². The Morgan fingerprint density at radius 2 is 2.20 bits per heavy atom. The molecular formula is C19H17BrN4O. The predicted molar refractivity (Wildman–Crippen MR) is 105 cm³/mol. The molecule has 1 aromatic heterocycles. The van der Waals surface area contributed by atoms with Gasteiger partial charge in [-0.25, -0.2) is 10.4 Å². The zero-order chi connectivity index (χ0) is 17.6. The minimum absolute atomic E-state index is 0.210. The molecule has 0 amide bonds. The fourth-order valence-electron chi connectivity index (χ4n) is 2.51. The van der Waals surface area contributed by atoms with Gasteiger partial charge in [0, 0.05) is 16.6 Å². The molecule has 0 aliphatic rings. The first-order valence-corrected chi connectivity index (χ1v) is 8.62. The number of para-hydroxylation sites is 2. The number of hydrogen-bond donors (Lipinski definition) is 1. The molecule has 3 aromatic rings. The SMILES string of the molecule is C#CCOc1ccc(Br)cc1/C=N\Nc1nc2ccccc2n1CC. The number of imidazole rings is 1. The first-order valence-electron chi connectivity index (χ1n) is 7.83. The lowest BCUT2D eigenvalue weighted by Gasteiger charge is -2.07. The van der Waals surface area contributed by atoms with Gasteiger partial charge in [-0.1, -0.05) is 34.0 Å². The third kappa shape index (κ3) is 3.83. The average Bonchev–Trinajstić information content (AvgIpc) is 2.98. The number of benzene rings is 2. The first kappa shape index (κ1) is 17.1. The average molecular weight is 397 g/mol. The van der Waals surface area contributed by atoms with E-state index in [9.17, 15) is 0 Å². The van der Waals surface area contributed by atoms with E-state index in [0.29, 0.717) is 11.7 Å². The molecule has 0 aliphatic carbocycles. The van der Waals surface area contributed by atoms with Crippen LogP contribution in [0, 0.1) is 12.3 Å². The molecule has 1 N–H and O–H groups in total. The summed E-state index contributed by atoms with van der Waals surface area (Å²) in [4.78, 5) is 4.58. The molecular weight excluding hydrogens is 380 g/mol. The van der Waals surface area contributed by atoms with Gasteiger partial charge in [-0.2, -0.15) is 5.10 Å². The van der Waals surface area contributed by atoms with Crippen LogP contribution in [0.1, 0.15) is 12.5 Å². The molecule has 0 saturated heterocycles. The fraction of sp³-hybridized carbons (Fsp3) is 0.158. The molecule has 0 unspecified atom stereocenters. The van der Waals surface area contributed by atoms with E-state index in [-0.39, 0.29) is 6.61 Å². The van der Waals surface area contributed by atoms with E-state index < -0.39 is 0 Å². The smallest absolute Gasteiger partial charge is 0.224 e. The minimum atomic E-state index is 0.210. The number of nitrogens with one attached hydrogen (secondary N) is 1. The van der Waals surface area contributed by atoms with E-state index in [1.165, 1.54) is 0 Å². The fourth-order valence-corrected chi connectivity index (χ4v) is 2.89. The molecule has 5 nitrogen and oxygen atoms in total. The highest BCUT2D eigenvalue weighted by atomic mass is 79.9. The first-order chi connectivity index (χ1) is 12.2. The maximum Gasteiger partial charge on any atom is 0.224 e. The Labute approximate surface area is 154 Å². The molecule has 0 bridgehead atoms. The Balaban J connectivity index is 1.84. The van der Waals surface area contributed by atoms with Crippen LogP contribution in [0.15, 0.2) is 52.0 Å². The summed E-state index contributed by atoms with van der Waals surface area (Å²) < 4.78 is 8.55. The third-order valence-corrected chi connectivity index (χ3v) is 4.12. The molecule has 126 valence electrons. The van der Waals surface area contributed by atoms with Crippen molar-refractivity contribution in [3.63, 3.8) is 0 Å². The number of aromatic nitrogens is 2. The molecule has 0 radical (unpaired) electrons. The second-order valence-electron chi connectivity index (χ2n) is 5.21. The zero-order valence-corrected chi connectivity index (χ0v) is 15.3. The highest BCUT2D eigenvalue weighted by molar-refractivity contribution is 9.10. The van der Waals surface area contributed by atoms with Crippen LogP contribution in [0.25, 0.3) is 11.0 Å². The summed E-state index contributed by atoms with van der Waals surface area (Å²) in [5, 5.41) is 4.31. The number of fused-ring (bicyclic) bond motifs is 1. The van der Waals surface area contributed by atoms with Crippen molar-refractivity contribution in [2.24, 2.45) is 5.10 Å². The van der Waals surface area contributed by atoms with Gasteiger partial charge in [-0.05, 0) is 37.3 Å². The third-order valence-electron chi connectivity index (χ3n) is 3.62. The topological polar surface area (TPSA) is 51.4 Å². The highest BCUT2D eigenvalue weighted by Crippen LogP contribution is 2.22. The number of ether oxygens (including phenoxy) is 1. The van der Waals surface area contributed by atoms with Crippen LogP contribution >= 0.6 is 15.9 Å². The van der Waals surface area contributed by atoms with Crippen molar-refractivity contribution in [2.75, 3.05) is 12.0 Å². The van der Waals surface area contributed by atoms with E-state index in [0.717, 1.165) is 27.6 Å². The van der Waals surface area contributed by atoms with E-state index in [2.05, 4.69) is 48.9 Å². The van der Waals surface area contributed by atoms with Crippen molar-refractivity contribution < 1.29 is 4.74 Å². The second kappa shape index (κ2) is 7.86. The molecule has 1 heterocycles. The van der Waals surface area contributed by atoms with Crippen molar-refractivity contribution in [3.05, 3.63) is 52.5 Å². The Bertz CT molecular complexity index is 956. The van der Waals surface area contributed by atoms with Crippen LogP contribution in [-0.2, 0) is 6.54 Å². The standard InChI is InChI=1S/C19H17BrN4O/c1-3-11-25-18-10-9-15(20)12-14(18)13-21-23-19-22-16-7-5-6-8-17(16)24(19)4-2/h1,5-10,12-13H,4,11H2,2H3,(H,22,23)/b21-13-. The van der Waals surface area contributed by atoms with Gasteiger partial charge in [0.05, 0.1) is 17.2 Å². The lowest BCUT2D eigenvalue weighted by Crippen LogP contribution is -2.02. The molecule has 3 rings (SSSR count). The van der Waals surface area contributed by atoms with Crippen molar-refractivity contribution in [1.29, 1.82) is 0 Å². The molecule has 2 aromatic carbocycles. The number of rotatable bonds is 6. The lowest BCUT2D eigenvalue weighted by atomic mass is 10.2. The number of hydrazone groups is 1. The molecule has 0 spiro atoms. The van der Waals surface area contributed by atoms with Crippen molar-refractivity contribution in [1.82, 2.24) is 9.55 Å². The Kier molecular flexibility index (Phi) is 5.36. The summed E-state index contributed by atoms with van der Waals surface area (Å²) in [6.07, 6.45) is 6.95. The molecule has 6 heteroatoms. The molecule has 0 saturated carbocycles. The van der Waals surface area contributed by atoms with Gasteiger partial charge in [0.15, 0.2) is 0 Å². The molecule has 25 heavy (non-hydrogen) atoms. The number of hydrogen-bond acceptors (Lipinski definition) is 4. The number of aryl methyl sites for hydroxylation is 1. The zero-order valence-electron chi connectivity index (χ0n) is 13.7. The monoisotopic (exact) mass is 396 g/mol. The molecule has 0 fully saturated rings. The van der Waals surface area contributed by atoms with E-state index in [4.69, 9.17) is 11.2 Å².